The van der Waals surface area contributed by atoms with Crippen LogP contribution in [-0.2, 0) is 6.54 Å². The Balaban J connectivity index is 1.57. The Morgan fingerprint density at radius 3 is 2.61 bits per heavy atom. The molecule has 0 aliphatic carbocycles. The smallest absolute Gasteiger partial charge is 0.133 e. The number of ether oxygens (including phenoxy) is 1. The molecule has 0 bridgehead atoms. The van der Waals surface area contributed by atoms with Crippen molar-refractivity contribution in [2.24, 2.45) is 0 Å². The maximum Gasteiger partial charge on any atom is 0.133 e. The first-order valence-corrected chi connectivity index (χ1v) is 9.65. The molecule has 1 aromatic heterocycles. The lowest BCUT2D eigenvalue weighted by atomic mass is 10.2. The van der Waals surface area contributed by atoms with E-state index in [1.54, 1.807) is 0 Å². The molecule has 0 saturated heterocycles. The molecule has 0 aliphatic heterocycles. The number of para-hydroxylation sites is 2. The summed E-state index contributed by atoms with van der Waals surface area (Å²) in [7, 11) is 0. The highest BCUT2D eigenvalue weighted by atomic mass is 35.5. The molecule has 3 nitrogen and oxygen atoms in total. The van der Waals surface area contributed by atoms with Gasteiger partial charge >= 0.3 is 0 Å². The van der Waals surface area contributed by atoms with Crippen LogP contribution in [0, 0.1) is 6.92 Å². The Kier molecular flexibility index (Phi) is 5.45. The maximum atomic E-state index is 5.97. The van der Waals surface area contributed by atoms with Crippen molar-refractivity contribution in [1.29, 1.82) is 0 Å². The highest BCUT2D eigenvalue weighted by Crippen LogP contribution is 2.19. The summed E-state index contributed by atoms with van der Waals surface area (Å²) in [6.45, 7) is 3.36. The van der Waals surface area contributed by atoms with Gasteiger partial charge in [0.25, 0.3) is 0 Å². The van der Waals surface area contributed by atoms with Gasteiger partial charge in [0, 0.05) is 5.02 Å². The first-order chi connectivity index (χ1) is 13.7. The fourth-order valence-electron chi connectivity index (χ4n) is 3.16. The van der Waals surface area contributed by atoms with E-state index in [4.69, 9.17) is 21.3 Å². The topological polar surface area (TPSA) is 27.1 Å². The molecule has 1 heterocycles. The number of benzene rings is 3. The number of nitrogens with zero attached hydrogens (tertiary/aromatic N) is 2. The molecule has 3 aromatic carbocycles. The van der Waals surface area contributed by atoms with Crippen LogP contribution >= 0.6 is 11.6 Å². The van der Waals surface area contributed by atoms with Gasteiger partial charge in [0.05, 0.1) is 17.6 Å². The molecule has 0 unspecified atom stereocenters. The molecule has 4 aromatic rings. The first kappa shape index (κ1) is 18.3. The summed E-state index contributed by atoms with van der Waals surface area (Å²) in [4.78, 5) is 4.78. The second-order valence-electron chi connectivity index (χ2n) is 6.66. The third kappa shape index (κ3) is 4.26. The van der Waals surface area contributed by atoms with E-state index in [0.29, 0.717) is 6.61 Å². The summed E-state index contributed by atoms with van der Waals surface area (Å²) in [5, 5.41) is 0.734. The van der Waals surface area contributed by atoms with Crippen molar-refractivity contribution in [3.63, 3.8) is 0 Å². The molecule has 4 heteroatoms. The van der Waals surface area contributed by atoms with Gasteiger partial charge < -0.3 is 9.30 Å². The molecule has 0 aliphatic rings. The molecule has 140 valence electrons. The van der Waals surface area contributed by atoms with Gasteiger partial charge in [0.15, 0.2) is 0 Å². The van der Waals surface area contributed by atoms with E-state index in [9.17, 15) is 0 Å². The standard InChI is InChI=1S/C24H21ClN2O/c1-18-5-4-6-21(17-18)28-16-15-27-23-8-3-2-7-22(23)26-24(27)14-11-19-9-12-20(25)13-10-19/h2-14,17H,15-16H2,1H3. The van der Waals surface area contributed by atoms with Crippen LogP contribution in [0.15, 0.2) is 72.8 Å². The Morgan fingerprint density at radius 1 is 0.964 bits per heavy atom. The van der Waals surface area contributed by atoms with Crippen LogP contribution in [0.3, 0.4) is 0 Å². The lowest BCUT2D eigenvalue weighted by Crippen LogP contribution is -2.09. The van der Waals surface area contributed by atoms with Crippen molar-refractivity contribution in [3.8, 4) is 5.75 Å². The van der Waals surface area contributed by atoms with E-state index in [0.717, 1.165) is 39.7 Å². The van der Waals surface area contributed by atoms with Crippen LogP contribution in [0.5, 0.6) is 5.75 Å². The third-order valence-electron chi connectivity index (χ3n) is 4.55. The van der Waals surface area contributed by atoms with Gasteiger partial charge in [0.2, 0.25) is 0 Å². The first-order valence-electron chi connectivity index (χ1n) is 9.27. The molecule has 0 amide bonds. The van der Waals surface area contributed by atoms with E-state index < -0.39 is 0 Å². The number of fused-ring (bicyclic) bond motifs is 1. The largest absolute Gasteiger partial charge is 0.492 e. The number of hydrogen-bond acceptors (Lipinski definition) is 2. The predicted octanol–water partition coefficient (Wildman–Crippen LogP) is 6.25. The molecular formula is C24H21ClN2O. The second-order valence-corrected chi connectivity index (χ2v) is 7.10. The number of halogens is 1. The van der Waals surface area contributed by atoms with Crippen molar-refractivity contribution in [1.82, 2.24) is 9.55 Å². The van der Waals surface area contributed by atoms with E-state index in [1.165, 1.54) is 5.56 Å². The minimum absolute atomic E-state index is 0.575. The molecular weight excluding hydrogens is 368 g/mol. The van der Waals surface area contributed by atoms with Crippen molar-refractivity contribution >= 4 is 34.8 Å². The van der Waals surface area contributed by atoms with Gasteiger partial charge in [-0.3, -0.25) is 0 Å². The average molecular weight is 389 g/mol. The van der Waals surface area contributed by atoms with Crippen molar-refractivity contribution < 1.29 is 4.74 Å². The Hall–Kier alpha value is -3.04. The predicted molar refractivity (Wildman–Crippen MR) is 117 cm³/mol. The minimum atomic E-state index is 0.575. The van der Waals surface area contributed by atoms with Crippen LogP contribution in [0.4, 0.5) is 0 Å². The second kappa shape index (κ2) is 8.32. The van der Waals surface area contributed by atoms with Crippen LogP contribution in [-0.4, -0.2) is 16.2 Å². The van der Waals surface area contributed by atoms with Crippen LogP contribution in [0.1, 0.15) is 17.0 Å². The van der Waals surface area contributed by atoms with Gasteiger partial charge in [-0.25, -0.2) is 4.98 Å². The zero-order chi connectivity index (χ0) is 19.3. The third-order valence-corrected chi connectivity index (χ3v) is 4.80. The zero-order valence-electron chi connectivity index (χ0n) is 15.7. The monoisotopic (exact) mass is 388 g/mol. The normalized spacial score (nSPS) is 11.4. The van der Waals surface area contributed by atoms with Gasteiger partial charge in [-0.1, -0.05) is 54.1 Å². The molecule has 0 saturated carbocycles. The summed E-state index contributed by atoms with van der Waals surface area (Å²) in [5.74, 6) is 1.80. The highest BCUT2D eigenvalue weighted by molar-refractivity contribution is 6.30. The van der Waals surface area contributed by atoms with Crippen LogP contribution in [0.25, 0.3) is 23.2 Å². The summed E-state index contributed by atoms with van der Waals surface area (Å²) in [6, 6.07) is 24.0. The van der Waals surface area contributed by atoms with Gasteiger partial charge in [-0.15, -0.1) is 0 Å². The lowest BCUT2D eigenvalue weighted by molar-refractivity contribution is 0.299. The molecule has 0 radical (unpaired) electrons. The van der Waals surface area contributed by atoms with E-state index >= 15 is 0 Å². The Morgan fingerprint density at radius 2 is 1.79 bits per heavy atom. The lowest BCUT2D eigenvalue weighted by Gasteiger charge is -2.10. The molecule has 28 heavy (non-hydrogen) atoms. The Bertz CT molecular complexity index is 1110. The summed E-state index contributed by atoms with van der Waals surface area (Å²) in [5.41, 5.74) is 4.36. The van der Waals surface area contributed by atoms with E-state index in [-0.39, 0.29) is 0 Å². The van der Waals surface area contributed by atoms with Gasteiger partial charge in [0.1, 0.15) is 18.2 Å². The van der Waals surface area contributed by atoms with Crippen molar-refractivity contribution in [3.05, 3.63) is 94.8 Å². The molecule has 0 N–H and O–H groups in total. The fourth-order valence-corrected chi connectivity index (χ4v) is 3.29. The quantitative estimate of drug-likeness (QED) is 0.390. The highest BCUT2D eigenvalue weighted by Gasteiger charge is 2.08. The Labute approximate surface area is 169 Å². The maximum absolute atomic E-state index is 5.97. The number of imidazole rings is 1. The summed E-state index contributed by atoms with van der Waals surface area (Å²) >= 11 is 5.97. The van der Waals surface area contributed by atoms with E-state index in [2.05, 4.69) is 29.7 Å². The number of aromatic nitrogens is 2. The fraction of sp³-hybridized carbons (Fsp3) is 0.125. The van der Waals surface area contributed by atoms with Crippen molar-refractivity contribution in [2.45, 2.75) is 13.5 Å². The van der Waals surface area contributed by atoms with Gasteiger partial charge in [-0.2, -0.15) is 0 Å². The average Bonchev–Trinajstić information content (AvgIpc) is 3.05. The van der Waals surface area contributed by atoms with Crippen molar-refractivity contribution in [2.75, 3.05) is 6.61 Å². The molecule has 4 rings (SSSR count). The summed E-state index contributed by atoms with van der Waals surface area (Å²) in [6.07, 6.45) is 4.09. The molecule has 0 atom stereocenters. The van der Waals surface area contributed by atoms with Gasteiger partial charge in [-0.05, 0) is 60.5 Å². The number of rotatable bonds is 6. The van der Waals surface area contributed by atoms with Crippen LogP contribution < -0.4 is 4.74 Å². The zero-order valence-corrected chi connectivity index (χ0v) is 16.4. The van der Waals surface area contributed by atoms with Crippen LogP contribution in [0.2, 0.25) is 5.02 Å². The number of aryl methyl sites for hydroxylation is 1. The summed E-state index contributed by atoms with van der Waals surface area (Å²) < 4.78 is 8.14. The molecule has 0 spiro atoms. The number of hydrogen-bond donors (Lipinski definition) is 0. The molecule has 0 fully saturated rings. The van der Waals surface area contributed by atoms with E-state index in [1.807, 2.05) is 66.7 Å². The SMILES string of the molecule is Cc1cccc(OCCn2c(C=Cc3ccc(Cl)cc3)nc3ccccc32)c1. The minimum Gasteiger partial charge on any atom is -0.492 e.